The van der Waals surface area contributed by atoms with E-state index in [1.807, 2.05) is 12.1 Å². The molecule has 0 aromatic heterocycles. The summed E-state index contributed by atoms with van der Waals surface area (Å²) in [6, 6.07) is 8.46. The monoisotopic (exact) mass is 268 g/mol. The smallest absolute Gasteiger partial charge is 0.0599 e. The van der Waals surface area contributed by atoms with Gasteiger partial charge in [-0.2, -0.15) is 0 Å². The Labute approximate surface area is 114 Å². The standard InChI is InChI=1S/C14H21ClN2O/c1-18-14-6-7-17(13(8-14)9-16)10-11-2-4-12(15)5-3-11/h2-5,13-14H,6-10,16H2,1H3. The summed E-state index contributed by atoms with van der Waals surface area (Å²) in [4.78, 5) is 2.44. The quantitative estimate of drug-likeness (QED) is 0.911. The number of hydrogen-bond acceptors (Lipinski definition) is 3. The first-order valence-electron chi connectivity index (χ1n) is 6.44. The predicted octanol–water partition coefficient (Wildman–Crippen LogP) is 2.28. The van der Waals surface area contributed by atoms with Crippen molar-refractivity contribution in [3.8, 4) is 0 Å². The largest absolute Gasteiger partial charge is 0.381 e. The second kappa shape index (κ2) is 6.53. The normalized spacial score (nSPS) is 25.3. The fourth-order valence-electron chi connectivity index (χ4n) is 2.55. The Morgan fingerprint density at radius 2 is 2.11 bits per heavy atom. The zero-order chi connectivity index (χ0) is 13.0. The molecule has 100 valence electrons. The Morgan fingerprint density at radius 3 is 2.72 bits per heavy atom. The van der Waals surface area contributed by atoms with Crippen LogP contribution in [0.4, 0.5) is 0 Å². The third-order valence-corrected chi connectivity index (χ3v) is 3.95. The van der Waals surface area contributed by atoms with Crippen molar-refractivity contribution in [1.29, 1.82) is 0 Å². The van der Waals surface area contributed by atoms with Crippen molar-refractivity contribution >= 4 is 11.6 Å². The molecule has 2 N–H and O–H groups in total. The Kier molecular flexibility index (Phi) is 5.01. The van der Waals surface area contributed by atoms with Crippen molar-refractivity contribution in [1.82, 2.24) is 4.90 Å². The van der Waals surface area contributed by atoms with Crippen LogP contribution in [0.5, 0.6) is 0 Å². The summed E-state index contributed by atoms with van der Waals surface area (Å²) < 4.78 is 5.44. The van der Waals surface area contributed by atoms with Crippen LogP contribution >= 0.6 is 11.6 Å². The van der Waals surface area contributed by atoms with Gasteiger partial charge in [0.15, 0.2) is 0 Å². The molecule has 2 rings (SSSR count). The zero-order valence-electron chi connectivity index (χ0n) is 10.8. The first-order valence-corrected chi connectivity index (χ1v) is 6.82. The molecule has 1 heterocycles. The molecule has 0 aliphatic carbocycles. The SMILES string of the molecule is COC1CCN(Cc2ccc(Cl)cc2)C(CN)C1. The Bertz CT molecular complexity index is 369. The summed E-state index contributed by atoms with van der Waals surface area (Å²) in [5.74, 6) is 0. The molecule has 1 aromatic carbocycles. The van der Waals surface area contributed by atoms with Gasteiger partial charge in [-0.25, -0.2) is 0 Å². The van der Waals surface area contributed by atoms with Gasteiger partial charge in [0.25, 0.3) is 0 Å². The van der Waals surface area contributed by atoms with Gasteiger partial charge in [-0.15, -0.1) is 0 Å². The van der Waals surface area contributed by atoms with Gasteiger partial charge in [-0.1, -0.05) is 23.7 Å². The van der Waals surface area contributed by atoms with Crippen LogP contribution in [0.2, 0.25) is 5.02 Å². The lowest BCUT2D eigenvalue weighted by molar-refractivity contribution is 0.0102. The van der Waals surface area contributed by atoms with Crippen molar-refractivity contribution < 1.29 is 4.74 Å². The van der Waals surface area contributed by atoms with E-state index in [4.69, 9.17) is 22.1 Å². The van der Waals surface area contributed by atoms with E-state index in [2.05, 4.69) is 17.0 Å². The molecule has 1 fully saturated rings. The lowest BCUT2D eigenvalue weighted by atomic mass is 9.98. The highest BCUT2D eigenvalue weighted by Gasteiger charge is 2.27. The van der Waals surface area contributed by atoms with Gasteiger partial charge in [0.2, 0.25) is 0 Å². The maximum atomic E-state index is 5.90. The van der Waals surface area contributed by atoms with Gasteiger partial charge in [0, 0.05) is 37.8 Å². The molecule has 0 radical (unpaired) electrons. The van der Waals surface area contributed by atoms with Gasteiger partial charge < -0.3 is 10.5 Å². The number of hydrogen-bond donors (Lipinski definition) is 1. The average molecular weight is 269 g/mol. The van der Waals surface area contributed by atoms with E-state index >= 15 is 0 Å². The first kappa shape index (κ1) is 13.8. The number of ether oxygens (including phenoxy) is 1. The van der Waals surface area contributed by atoms with E-state index in [1.54, 1.807) is 7.11 Å². The maximum absolute atomic E-state index is 5.90. The first-order chi connectivity index (χ1) is 8.72. The Morgan fingerprint density at radius 1 is 1.39 bits per heavy atom. The molecule has 4 heteroatoms. The lowest BCUT2D eigenvalue weighted by Gasteiger charge is -2.38. The molecule has 1 aliphatic heterocycles. The fraction of sp³-hybridized carbons (Fsp3) is 0.571. The molecule has 3 nitrogen and oxygen atoms in total. The number of benzene rings is 1. The van der Waals surface area contributed by atoms with Crippen molar-refractivity contribution in [2.24, 2.45) is 5.73 Å². The molecular formula is C14H21ClN2O. The fourth-order valence-corrected chi connectivity index (χ4v) is 2.68. The molecule has 0 amide bonds. The number of rotatable bonds is 4. The molecule has 1 aromatic rings. The summed E-state index contributed by atoms with van der Waals surface area (Å²) in [6.07, 6.45) is 2.47. The molecule has 2 atom stereocenters. The Balaban J connectivity index is 1.97. The third kappa shape index (κ3) is 3.45. The van der Waals surface area contributed by atoms with Crippen molar-refractivity contribution in [2.45, 2.75) is 31.5 Å². The molecular weight excluding hydrogens is 248 g/mol. The van der Waals surface area contributed by atoms with Crippen molar-refractivity contribution in [3.05, 3.63) is 34.9 Å². The molecule has 0 bridgehead atoms. The number of nitrogens with zero attached hydrogens (tertiary/aromatic N) is 1. The van der Waals surface area contributed by atoms with E-state index in [-0.39, 0.29) is 0 Å². The summed E-state index contributed by atoms with van der Waals surface area (Å²) in [5.41, 5.74) is 7.16. The van der Waals surface area contributed by atoms with Crippen molar-refractivity contribution in [3.63, 3.8) is 0 Å². The molecule has 18 heavy (non-hydrogen) atoms. The number of halogens is 1. The van der Waals surface area contributed by atoms with Crippen molar-refractivity contribution in [2.75, 3.05) is 20.2 Å². The van der Waals surface area contributed by atoms with Crippen LogP contribution in [0.25, 0.3) is 0 Å². The highest BCUT2D eigenvalue weighted by molar-refractivity contribution is 6.30. The molecule has 1 aliphatic rings. The molecule has 0 spiro atoms. The summed E-state index contributed by atoms with van der Waals surface area (Å²) in [6.45, 7) is 2.67. The summed E-state index contributed by atoms with van der Waals surface area (Å²) in [7, 11) is 1.78. The number of piperidine rings is 1. The second-order valence-electron chi connectivity index (χ2n) is 4.87. The highest BCUT2D eigenvalue weighted by atomic mass is 35.5. The summed E-state index contributed by atoms with van der Waals surface area (Å²) in [5, 5.41) is 0.784. The minimum atomic E-state index is 0.361. The predicted molar refractivity (Wildman–Crippen MR) is 74.7 cm³/mol. The topological polar surface area (TPSA) is 38.5 Å². The molecule has 0 saturated carbocycles. The summed E-state index contributed by atoms with van der Waals surface area (Å²) >= 11 is 5.90. The van der Waals surface area contributed by atoms with Crippen LogP contribution < -0.4 is 5.73 Å². The van der Waals surface area contributed by atoms with E-state index < -0.39 is 0 Å². The van der Waals surface area contributed by atoms with Gasteiger partial charge in [-0.3, -0.25) is 4.90 Å². The third-order valence-electron chi connectivity index (χ3n) is 3.69. The van der Waals surface area contributed by atoms with Gasteiger partial charge in [0.05, 0.1) is 6.10 Å². The number of methoxy groups -OCH3 is 1. The Hall–Kier alpha value is -0.610. The van der Waals surface area contributed by atoms with E-state index in [0.29, 0.717) is 18.7 Å². The van der Waals surface area contributed by atoms with E-state index in [0.717, 1.165) is 31.0 Å². The van der Waals surface area contributed by atoms with E-state index in [1.165, 1.54) is 5.56 Å². The van der Waals surface area contributed by atoms with Gasteiger partial charge in [0.1, 0.15) is 0 Å². The van der Waals surface area contributed by atoms with Crippen LogP contribution in [0.1, 0.15) is 18.4 Å². The zero-order valence-corrected chi connectivity index (χ0v) is 11.6. The van der Waals surface area contributed by atoms with Gasteiger partial charge in [-0.05, 0) is 30.5 Å². The minimum absolute atomic E-state index is 0.361. The van der Waals surface area contributed by atoms with Crippen LogP contribution in [0.3, 0.4) is 0 Å². The van der Waals surface area contributed by atoms with Crippen LogP contribution in [-0.2, 0) is 11.3 Å². The highest BCUT2D eigenvalue weighted by Crippen LogP contribution is 2.21. The van der Waals surface area contributed by atoms with Crippen LogP contribution in [0, 0.1) is 0 Å². The van der Waals surface area contributed by atoms with Crippen LogP contribution in [0.15, 0.2) is 24.3 Å². The van der Waals surface area contributed by atoms with E-state index in [9.17, 15) is 0 Å². The number of nitrogens with two attached hydrogens (primary N) is 1. The molecule has 2 unspecified atom stereocenters. The second-order valence-corrected chi connectivity index (χ2v) is 5.30. The number of likely N-dealkylation sites (tertiary alicyclic amines) is 1. The molecule has 1 saturated heterocycles. The lowest BCUT2D eigenvalue weighted by Crippen LogP contribution is -2.47. The van der Waals surface area contributed by atoms with Crippen LogP contribution in [-0.4, -0.2) is 37.2 Å². The average Bonchev–Trinajstić information content (AvgIpc) is 2.41. The maximum Gasteiger partial charge on any atom is 0.0599 e. The minimum Gasteiger partial charge on any atom is -0.381 e. The van der Waals surface area contributed by atoms with Gasteiger partial charge >= 0.3 is 0 Å².